The number of aliphatic hydroxyl groups excluding tert-OH is 1. The fourth-order valence-electron chi connectivity index (χ4n) is 8.68. The van der Waals surface area contributed by atoms with Crippen molar-refractivity contribution in [1.29, 1.82) is 0 Å². The van der Waals surface area contributed by atoms with E-state index in [-0.39, 0.29) is 23.4 Å². The Kier molecular flexibility index (Phi) is 7.47. The lowest BCUT2D eigenvalue weighted by Gasteiger charge is -2.46. The van der Waals surface area contributed by atoms with E-state index < -0.39 is 21.2 Å². The highest BCUT2D eigenvalue weighted by Gasteiger charge is 2.45. The first-order valence-corrected chi connectivity index (χ1v) is 17.7. The van der Waals surface area contributed by atoms with E-state index in [0.29, 0.717) is 36.7 Å². The number of carbonyl (C=O) groups excluding carboxylic acids is 1. The minimum absolute atomic E-state index is 0.0213. The summed E-state index contributed by atoms with van der Waals surface area (Å²) in [6, 6.07) is 11.5. The number of hydrogen-bond acceptors (Lipinski definition) is 6. The van der Waals surface area contributed by atoms with Crippen molar-refractivity contribution < 1.29 is 23.1 Å². The van der Waals surface area contributed by atoms with Gasteiger partial charge >= 0.3 is 0 Å². The van der Waals surface area contributed by atoms with E-state index >= 15 is 0 Å². The second-order valence-corrected chi connectivity index (χ2v) is 15.8. The first kappa shape index (κ1) is 28.5. The molecule has 1 spiro atoms. The molecule has 0 unspecified atom stereocenters. The maximum Gasteiger partial charge on any atom is 0.264 e. The number of ether oxygens (including phenoxy) is 1. The minimum Gasteiger partial charge on any atom is -0.490 e. The van der Waals surface area contributed by atoms with Gasteiger partial charge in [-0.05, 0) is 117 Å². The Balaban J connectivity index is 1.28. The molecule has 5 aliphatic rings. The normalized spacial score (nSPS) is 34.2. The third-order valence-corrected chi connectivity index (χ3v) is 13.1. The first-order valence-electron chi connectivity index (χ1n) is 15.8. The summed E-state index contributed by atoms with van der Waals surface area (Å²) in [7, 11) is -3.83. The molecule has 0 radical (unpaired) electrons. The number of hydrogen-bond donors (Lipinski definition) is 2. The van der Waals surface area contributed by atoms with Gasteiger partial charge in [0.1, 0.15) is 5.75 Å². The van der Waals surface area contributed by atoms with E-state index in [1.807, 2.05) is 18.2 Å². The molecule has 9 heteroatoms. The number of fused-ring (bicyclic) bond motifs is 5. The average molecular weight is 613 g/mol. The lowest BCUT2D eigenvalue weighted by molar-refractivity contribution is 0.00853. The van der Waals surface area contributed by atoms with Crippen LogP contribution < -0.4 is 14.4 Å². The molecule has 2 saturated carbocycles. The van der Waals surface area contributed by atoms with E-state index in [2.05, 4.69) is 21.8 Å². The quantitative estimate of drug-likeness (QED) is 0.401. The summed E-state index contributed by atoms with van der Waals surface area (Å²) in [6.45, 7) is 2.00. The molecule has 6 atom stereocenters. The van der Waals surface area contributed by atoms with Crippen LogP contribution in [0.4, 0.5) is 5.69 Å². The van der Waals surface area contributed by atoms with E-state index in [0.717, 1.165) is 81.6 Å². The molecule has 7 nitrogen and oxygen atoms in total. The van der Waals surface area contributed by atoms with Gasteiger partial charge in [0.2, 0.25) is 10.0 Å². The van der Waals surface area contributed by atoms with Gasteiger partial charge in [-0.2, -0.15) is 0 Å². The van der Waals surface area contributed by atoms with Gasteiger partial charge in [0.05, 0.1) is 23.6 Å². The molecule has 2 heterocycles. The monoisotopic (exact) mass is 612 g/mol. The van der Waals surface area contributed by atoms with Crippen LogP contribution in [-0.4, -0.2) is 50.5 Å². The highest BCUT2D eigenvalue weighted by molar-refractivity contribution is 7.90. The number of rotatable bonds is 0. The molecule has 3 aliphatic carbocycles. The van der Waals surface area contributed by atoms with Crippen LogP contribution in [0, 0.1) is 17.8 Å². The fourth-order valence-corrected chi connectivity index (χ4v) is 10.7. The number of nitrogens with zero attached hydrogens (tertiary/aromatic N) is 1. The van der Waals surface area contributed by atoms with E-state index in [1.54, 1.807) is 6.07 Å². The zero-order chi connectivity index (χ0) is 29.1. The maximum absolute atomic E-state index is 13.5. The minimum atomic E-state index is -3.83. The molecule has 7 rings (SSSR count). The van der Waals surface area contributed by atoms with Crippen LogP contribution in [-0.2, 0) is 21.9 Å². The lowest BCUT2D eigenvalue weighted by atomic mass is 9.68. The van der Waals surface area contributed by atoms with Crippen LogP contribution in [0.15, 0.2) is 36.4 Å². The summed E-state index contributed by atoms with van der Waals surface area (Å²) in [5.41, 5.74) is 3.45. The van der Waals surface area contributed by atoms with Crippen molar-refractivity contribution in [3.05, 3.63) is 58.1 Å². The molecule has 2 fully saturated rings. The number of nitrogens with one attached hydrogen (secondary N) is 1. The maximum atomic E-state index is 13.5. The Morgan fingerprint density at radius 3 is 2.62 bits per heavy atom. The smallest absolute Gasteiger partial charge is 0.264 e. The molecular formula is C33H41ClN2O5S. The van der Waals surface area contributed by atoms with Crippen molar-refractivity contribution in [1.82, 2.24) is 4.72 Å². The van der Waals surface area contributed by atoms with Crippen molar-refractivity contribution >= 4 is 33.2 Å². The number of carbonyl (C=O) groups is 1. The van der Waals surface area contributed by atoms with Gasteiger partial charge in [0.15, 0.2) is 0 Å². The topological polar surface area (TPSA) is 95.9 Å². The number of aryl methyl sites for hydroxylation is 1. The Labute approximate surface area is 254 Å². The van der Waals surface area contributed by atoms with Crippen molar-refractivity contribution in [3.63, 3.8) is 0 Å². The van der Waals surface area contributed by atoms with Crippen LogP contribution in [0.25, 0.3) is 0 Å². The lowest BCUT2D eigenvalue weighted by Crippen LogP contribution is -2.49. The number of anilines is 1. The molecule has 226 valence electrons. The Morgan fingerprint density at radius 1 is 0.976 bits per heavy atom. The van der Waals surface area contributed by atoms with Crippen molar-refractivity contribution in [2.24, 2.45) is 17.8 Å². The van der Waals surface area contributed by atoms with Crippen molar-refractivity contribution in [2.75, 3.05) is 24.6 Å². The van der Waals surface area contributed by atoms with Crippen LogP contribution in [0.2, 0.25) is 5.02 Å². The largest absolute Gasteiger partial charge is 0.490 e. The van der Waals surface area contributed by atoms with Gasteiger partial charge in [-0.15, -0.1) is 0 Å². The number of halogens is 1. The highest BCUT2D eigenvalue weighted by atomic mass is 35.5. The first-order chi connectivity index (χ1) is 20.2. The number of sulfonamides is 1. The van der Waals surface area contributed by atoms with Gasteiger partial charge < -0.3 is 14.7 Å². The van der Waals surface area contributed by atoms with Gasteiger partial charge in [0, 0.05) is 29.1 Å². The van der Waals surface area contributed by atoms with Gasteiger partial charge in [-0.25, -0.2) is 13.1 Å². The third-order valence-electron chi connectivity index (χ3n) is 11.0. The second kappa shape index (κ2) is 11.0. The molecule has 2 aromatic rings. The summed E-state index contributed by atoms with van der Waals surface area (Å²) in [5, 5.41) is 11.5. The van der Waals surface area contributed by atoms with Crippen LogP contribution in [0.1, 0.15) is 85.7 Å². The molecule has 2 bridgehead atoms. The zero-order valence-corrected chi connectivity index (χ0v) is 25.6. The van der Waals surface area contributed by atoms with Crippen molar-refractivity contribution in [3.8, 4) is 5.75 Å². The summed E-state index contributed by atoms with van der Waals surface area (Å²) >= 11 is 6.40. The van der Waals surface area contributed by atoms with Crippen LogP contribution in [0.5, 0.6) is 5.75 Å². The van der Waals surface area contributed by atoms with Crippen molar-refractivity contribution in [2.45, 2.75) is 87.4 Å². The summed E-state index contributed by atoms with van der Waals surface area (Å²) in [5.74, 6) is 0.729. The van der Waals surface area contributed by atoms with E-state index in [9.17, 15) is 18.3 Å². The Bertz CT molecular complexity index is 1480. The number of aliphatic hydroxyl groups is 1. The Morgan fingerprint density at radius 2 is 1.81 bits per heavy atom. The van der Waals surface area contributed by atoms with E-state index in [4.69, 9.17) is 16.3 Å². The summed E-state index contributed by atoms with van der Waals surface area (Å²) < 4.78 is 35.8. The van der Waals surface area contributed by atoms with Crippen LogP contribution in [0.3, 0.4) is 0 Å². The Hall–Kier alpha value is -2.29. The van der Waals surface area contributed by atoms with Gasteiger partial charge in [-0.3, -0.25) is 4.79 Å². The second-order valence-electron chi connectivity index (χ2n) is 13.5. The van der Waals surface area contributed by atoms with Gasteiger partial charge in [-0.1, -0.05) is 30.5 Å². The molecule has 2 aliphatic heterocycles. The predicted molar refractivity (Wildman–Crippen MR) is 164 cm³/mol. The molecular weight excluding hydrogens is 572 g/mol. The van der Waals surface area contributed by atoms with Gasteiger partial charge in [0.25, 0.3) is 5.91 Å². The molecule has 1 amide bonds. The average Bonchev–Trinajstić information content (AvgIpc) is 3.37. The number of benzene rings is 2. The molecule has 2 N–H and O–H groups in total. The predicted octanol–water partition coefficient (Wildman–Crippen LogP) is 5.61. The molecule has 2 aromatic carbocycles. The zero-order valence-electron chi connectivity index (χ0n) is 24.1. The summed E-state index contributed by atoms with van der Waals surface area (Å²) in [6.07, 6.45) is 9.24. The SMILES string of the molecule is O=C1NS(=O)(=O)[C@H]2CCC[C@@H]2CCC[C@H](O)[C@@H]2CC[C@H]2CN2C[C@@]3(CCCc4cc(Cl)ccc43)COc3ccc1cc32. The molecule has 0 aromatic heterocycles. The van der Waals surface area contributed by atoms with E-state index in [1.165, 1.54) is 11.1 Å². The molecule has 0 saturated heterocycles. The fraction of sp³-hybridized carbons (Fsp3) is 0.606. The third kappa shape index (κ3) is 5.11. The highest BCUT2D eigenvalue weighted by Crippen LogP contribution is 2.47. The van der Waals surface area contributed by atoms with Crippen LogP contribution >= 0.6 is 11.6 Å². The summed E-state index contributed by atoms with van der Waals surface area (Å²) in [4.78, 5) is 15.8. The number of amides is 1. The standard InChI is InChI=1S/C33H41ClN2O5S/c34-25-11-13-27-22(16-25)6-3-15-33(27)19-36-18-24-9-12-26(24)29(37)7-1-4-21-5-2-8-31(21)42(39,40)35-32(38)23-10-14-30(41-20-33)28(36)17-23/h10-11,13-14,16-17,21,24,26,29,31,37H,1-9,12,15,18-20H2,(H,35,38)/t21-,24-,26+,29-,31-,33-/m0/s1. The molecule has 42 heavy (non-hydrogen) atoms.